The number of aromatic nitrogens is 6. The lowest BCUT2D eigenvalue weighted by molar-refractivity contribution is 0.630. The van der Waals surface area contributed by atoms with Gasteiger partial charge in [-0.1, -0.05) is 146 Å². The van der Waals surface area contributed by atoms with E-state index in [0.717, 1.165) is 33.4 Å². The molecule has 0 saturated carbocycles. The lowest BCUT2D eigenvalue weighted by atomic mass is 10.0. The lowest BCUT2D eigenvalue weighted by Crippen LogP contribution is -2.03. The third kappa shape index (κ3) is 6.33. The van der Waals surface area contributed by atoms with Crippen molar-refractivity contribution in [3.63, 3.8) is 0 Å². The molecule has 6 nitrogen and oxygen atoms in total. The Labute approximate surface area is 282 Å². The number of benzene rings is 6. The first-order chi connectivity index (χ1) is 24.2. The summed E-state index contributed by atoms with van der Waals surface area (Å²) in [5.74, 6) is 2.05. The number of nitrogens with zero attached hydrogens (tertiary/aromatic N) is 6. The maximum Gasteiger partial charge on any atom is 0.167 e. The van der Waals surface area contributed by atoms with Crippen LogP contribution in [-0.4, -0.2) is 29.9 Å². The first-order valence-electron chi connectivity index (χ1n) is 15.8. The molecule has 0 aliphatic carbocycles. The molecule has 0 bridgehead atoms. The smallest absolute Gasteiger partial charge is 0.167 e. The van der Waals surface area contributed by atoms with E-state index in [0.29, 0.717) is 34.7 Å². The Morgan fingerprint density at radius 1 is 0.265 bits per heavy atom. The molecule has 2 aromatic heterocycles. The average molecular weight is 635 g/mol. The summed E-state index contributed by atoms with van der Waals surface area (Å²) in [7, 11) is 0. The van der Waals surface area contributed by atoms with E-state index in [1.165, 1.54) is 6.07 Å². The van der Waals surface area contributed by atoms with E-state index >= 15 is 4.39 Å². The fraction of sp³-hybridized carbons (Fsp3) is 0. The zero-order valence-electron chi connectivity index (χ0n) is 26.1. The largest absolute Gasteiger partial charge is 0.208 e. The second-order valence-electron chi connectivity index (χ2n) is 11.3. The van der Waals surface area contributed by atoms with Gasteiger partial charge in [0.25, 0.3) is 0 Å². The molecule has 8 rings (SSSR count). The van der Waals surface area contributed by atoms with Gasteiger partial charge in [0.1, 0.15) is 5.82 Å². The summed E-state index contributed by atoms with van der Waals surface area (Å²) in [4.78, 5) is 28.9. The Bertz CT molecular complexity index is 2310. The number of halogens is 1. The van der Waals surface area contributed by atoms with Crippen LogP contribution in [-0.2, 0) is 0 Å². The Morgan fingerprint density at radius 2 is 0.551 bits per heavy atom. The number of hydrogen-bond acceptors (Lipinski definition) is 6. The summed E-state index contributed by atoms with van der Waals surface area (Å²) < 4.78 is 15.8. The van der Waals surface area contributed by atoms with Crippen LogP contribution < -0.4 is 0 Å². The first kappa shape index (κ1) is 29.7. The zero-order valence-corrected chi connectivity index (χ0v) is 26.1. The minimum atomic E-state index is -0.470. The van der Waals surface area contributed by atoms with Crippen LogP contribution in [0.3, 0.4) is 0 Å². The minimum absolute atomic E-state index is 0.209. The minimum Gasteiger partial charge on any atom is -0.208 e. The van der Waals surface area contributed by atoms with Crippen molar-refractivity contribution in [3.05, 3.63) is 170 Å². The van der Waals surface area contributed by atoms with E-state index < -0.39 is 5.82 Å². The van der Waals surface area contributed by atoms with Crippen LogP contribution in [0.25, 0.3) is 79.5 Å². The van der Waals surface area contributed by atoms with Gasteiger partial charge in [-0.2, -0.15) is 0 Å². The summed E-state index contributed by atoms with van der Waals surface area (Å²) in [6, 6.07) is 52.0. The SMILES string of the molecule is Fc1ccc(-c2nc(-c3ccccc3)nc(-c3ccc(-c4ccccc4)cc3)n2)cc1-c1nc(-c2ccccc2)nc(-c2ccccc2)n1. The highest BCUT2D eigenvalue weighted by Gasteiger charge is 2.18. The van der Waals surface area contributed by atoms with Crippen molar-refractivity contribution < 1.29 is 4.39 Å². The maximum atomic E-state index is 15.8. The van der Waals surface area contributed by atoms with Crippen LogP contribution in [0.2, 0.25) is 0 Å². The van der Waals surface area contributed by atoms with Gasteiger partial charge in [-0.05, 0) is 29.3 Å². The molecule has 7 heteroatoms. The highest BCUT2D eigenvalue weighted by molar-refractivity contribution is 5.73. The second-order valence-corrected chi connectivity index (χ2v) is 11.3. The van der Waals surface area contributed by atoms with Crippen molar-refractivity contribution in [2.45, 2.75) is 0 Å². The fourth-order valence-electron chi connectivity index (χ4n) is 5.56. The molecule has 0 N–H and O–H groups in total. The predicted octanol–water partition coefficient (Wildman–Crippen LogP) is 9.86. The summed E-state index contributed by atoms with van der Waals surface area (Å²) in [5.41, 5.74) is 6.30. The van der Waals surface area contributed by atoms with E-state index in [2.05, 4.69) is 24.3 Å². The Balaban J connectivity index is 1.26. The molecule has 0 amide bonds. The lowest BCUT2D eigenvalue weighted by Gasteiger charge is -2.11. The molecule has 0 fully saturated rings. The second kappa shape index (κ2) is 13.2. The third-order valence-corrected chi connectivity index (χ3v) is 8.08. The van der Waals surface area contributed by atoms with Crippen molar-refractivity contribution in [2.75, 3.05) is 0 Å². The summed E-state index contributed by atoms with van der Waals surface area (Å²) in [6.45, 7) is 0. The van der Waals surface area contributed by atoms with Crippen LogP contribution in [0, 0.1) is 5.82 Å². The van der Waals surface area contributed by atoms with Crippen molar-refractivity contribution in [1.82, 2.24) is 29.9 Å². The molecule has 0 unspecified atom stereocenters. The van der Waals surface area contributed by atoms with Crippen LogP contribution in [0.1, 0.15) is 0 Å². The van der Waals surface area contributed by atoms with Crippen LogP contribution in [0.4, 0.5) is 4.39 Å². The van der Waals surface area contributed by atoms with Gasteiger partial charge in [0.2, 0.25) is 0 Å². The van der Waals surface area contributed by atoms with Gasteiger partial charge in [-0.3, -0.25) is 0 Å². The highest BCUT2D eigenvalue weighted by Crippen LogP contribution is 2.31. The fourth-order valence-corrected chi connectivity index (χ4v) is 5.56. The van der Waals surface area contributed by atoms with E-state index in [4.69, 9.17) is 29.9 Å². The molecule has 0 atom stereocenters. The first-order valence-corrected chi connectivity index (χ1v) is 15.8. The molecule has 0 aliphatic rings. The van der Waals surface area contributed by atoms with Gasteiger partial charge in [0.05, 0.1) is 5.56 Å². The van der Waals surface area contributed by atoms with Crippen LogP contribution in [0.15, 0.2) is 164 Å². The topological polar surface area (TPSA) is 77.3 Å². The maximum absolute atomic E-state index is 15.8. The monoisotopic (exact) mass is 634 g/mol. The van der Waals surface area contributed by atoms with Crippen molar-refractivity contribution in [2.24, 2.45) is 0 Å². The molecular weight excluding hydrogens is 608 g/mol. The van der Waals surface area contributed by atoms with Crippen molar-refractivity contribution in [3.8, 4) is 79.5 Å². The number of hydrogen-bond donors (Lipinski definition) is 0. The summed E-state index contributed by atoms with van der Waals surface area (Å²) >= 11 is 0. The van der Waals surface area contributed by atoms with Crippen LogP contribution in [0.5, 0.6) is 0 Å². The normalized spacial score (nSPS) is 11.0. The Morgan fingerprint density at radius 3 is 0.980 bits per heavy atom. The van der Waals surface area contributed by atoms with E-state index in [-0.39, 0.29) is 11.4 Å². The molecule has 232 valence electrons. The number of rotatable bonds is 7. The zero-order chi connectivity index (χ0) is 33.0. The summed E-state index contributed by atoms with van der Waals surface area (Å²) in [6.07, 6.45) is 0. The van der Waals surface area contributed by atoms with Gasteiger partial charge in [0, 0.05) is 27.8 Å². The molecule has 8 aromatic rings. The third-order valence-electron chi connectivity index (χ3n) is 8.08. The molecular formula is C42H27FN6. The molecule has 0 saturated heterocycles. The van der Waals surface area contributed by atoms with E-state index in [1.807, 2.05) is 121 Å². The standard InChI is InChI=1S/C42H27FN6/c43-36-26-25-34(27-35(36)42-48-38(31-17-9-3-10-18-31)45-39(49-42)32-19-11-4-12-20-32)41-46-37(30-15-7-2-8-16-30)44-40(47-41)33-23-21-29(22-24-33)28-13-5-1-6-14-28/h1-27H. The van der Waals surface area contributed by atoms with Crippen molar-refractivity contribution in [1.29, 1.82) is 0 Å². The molecule has 0 radical (unpaired) electrons. The van der Waals surface area contributed by atoms with E-state index in [1.54, 1.807) is 12.1 Å². The quantitative estimate of drug-likeness (QED) is 0.174. The van der Waals surface area contributed by atoms with Gasteiger partial charge < -0.3 is 0 Å². The van der Waals surface area contributed by atoms with E-state index in [9.17, 15) is 0 Å². The average Bonchev–Trinajstić information content (AvgIpc) is 3.19. The Kier molecular flexibility index (Phi) is 7.97. The van der Waals surface area contributed by atoms with Crippen LogP contribution >= 0.6 is 0 Å². The van der Waals surface area contributed by atoms with Gasteiger partial charge in [0.15, 0.2) is 34.9 Å². The summed E-state index contributed by atoms with van der Waals surface area (Å²) in [5, 5.41) is 0. The molecule has 0 aliphatic heterocycles. The molecule has 0 spiro atoms. The highest BCUT2D eigenvalue weighted by atomic mass is 19.1. The molecule has 49 heavy (non-hydrogen) atoms. The van der Waals surface area contributed by atoms with Gasteiger partial charge in [-0.25, -0.2) is 34.3 Å². The Hall–Kier alpha value is -6.73. The van der Waals surface area contributed by atoms with Crippen molar-refractivity contribution >= 4 is 0 Å². The van der Waals surface area contributed by atoms with Gasteiger partial charge in [-0.15, -0.1) is 0 Å². The predicted molar refractivity (Wildman–Crippen MR) is 191 cm³/mol. The molecule has 2 heterocycles. The molecule has 6 aromatic carbocycles. The van der Waals surface area contributed by atoms with Gasteiger partial charge >= 0.3 is 0 Å².